The fraction of sp³-hybridized carbons (Fsp3) is 0.417. The molecule has 0 unspecified atom stereocenters. The van der Waals surface area contributed by atoms with Crippen molar-refractivity contribution in [3.63, 3.8) is 0 Å². The molecule has 104 valence electrons. The average Bonchev–Trinajstić information content (AvgIpc) is 2.60. The van der Waals surface area contributed by atoms with Gasteiger partial charge in [-0.2, -0.15) is 5.10 Å². The molecule has 1 aromatic heterocycles. The van der Waals surface area contributed by atoms with Crippen molar-refractivity contribution >= 4 is 27.8 Å². The van der Waals surface area contributed by atoms with Crippen LogP contribution in [0.25, 0.3) is 0 Å². The molecule has 1 N–H and O–H groups in total. The van der Waals surface area contributed by atoms with Crippen LogP contribution in [0.2, 0.25) is 0 Å². The van der Waals surface area contributed by atoms with Crippen molar-refractivity contribution in [3.8, 4) is 0 Å². The highest BCUT2D eigenvalue weighted by Gasteiger charge is 2.09. The minimum atomic E-state index is -0.474. The van der Waals surface area contributed by atoms with Gasteiger partial charge in [0, 0.05) is 11.8 Å². The van der Waals surface area contributed by atoms with Gasteiger partial charge in [0.15, 0.2) is 0 Å². The van der Waals surface area contributed by atoms with Gasteiger partial charge in [-0.15, -0.1) is 0 Å². The fourth-order valence-electron chi connectivity index (χ4n) is 1.38. The Bertz CT molecular complexity index is 508. The molecule has 1 heterocycles. The lowest BCUT2D eigenvalue weighted by atomic mass is 10.4. The summed E-state index contributed by atoms with van der Waals surface area (Å²) in [5, 5.41) is 6.65. The van der Waals surface area contributed by atoms with Gasteiger partial charge in [0.05, 0.1) is 23.0 Å². The van der Waals surface area contributed by atoms with Crippen molar-refractivity contribution in [3.05, 3.63) is 28.1 Å². The summed E-state index contributed by atoms with van der Waals surface area (Å²) >= 11 is 3.32. The van der Waals surface area contributed by atoms with Gasteiger partial charge < -0.3 is 10.1 Å². The lowest BCUT2D eigenvalue weighted by Gasteiger charge is -2.07. The number of hydrogen-bond acceptors (Lipinski definition) is 4. The second kappa shape index (κ2) is 7.08. The first kappa shape index (κ1) is 15.4. The van der Waals surface area contributed by atoms with Crippen LogP contribution in [0.3, 0.4) is 0 Å². The smallest absolute Gasteiger partial charge is 0.332 e. The minimum Gasteiger partial charge on any atom is -0.463 e. The number of esters is 1. The number of amides is 1. The second-order valence-electron chi connectivity index (χ2n) is 3.86. The van der Waals surface area contributed by atoms with Crippen LogP contribution in [0.5, 0.6) is 0 Å². The van der Waals surface area contributed by atoms with Gasteiger partial charge in [0.1, 0.15) is 6.54 Å². The number of allylic oxidation sites excluding steroid dienone is 1. The first-order valence-electron chi connectivity index (χ1n) is 5.76. The number of ether oxygens (including phenoxy) is 1. The molecular formula is C12H16BrN3O3. The quantitative estimate of drug-likeness (QED) is 0.656. The Morgan fingerprint density at radius 1 is 1.58 bits per heavy atom. The van der Waals surface area contributed by atoms with Crippen LogP contribution in [0, 0.1) is 6.92 Å². The number of nitrogens with one attached hydrogen (secondary N) is 1. The molecule has 0 fully saturated rings. The molecule has 1 aromatic rings. The molecule has 0 saturated heterocycles. The zero-order chi connectivity index (χ0) is 14.4. The molecule has 0 aliphatic heterocycles. The number of halogens is 1. The molecule has 1 rings (SSSR count). The van der Waals surface area contributed by atoms with E-state index in [0.717, 1.165) is 10.2 Å². The molecule has 0 atom stereocenters. The zero-order valence-electron chi connectivity index (χ0n) is 11.1. The summed E-state index contributed by atoms with van der Waals surface area (Å²) in [4.78, 5) is 22.9. The molecule has 0 aliphatic carbocycles. The molecule has 0 radical (unpaired) electrons. The first-order chi connectivity index (χ1) is 8.93. The summed E-state index contributed by atoms with van der Waals surface area (Å²) < 4.78 is 7.16. The molecule has 19 heavy (non-hydrogen) atoms. The summed E-state index contributed by atoms with van der Waals surface area (Å²) in [7, 11) is 0. The zero-order valence-corrected chi connectivity index (χ0v) is 12.7. The molecule has 6 nitrogen and oxygen atoms in total. The Morgan fingerprint density at radius 2 is 2.26 bits per heavy atom. The summed E-state index contributed by atoms with van der Waals surface area (Å²) in [5.74, 6) is -0.727. The van der Waals surface area contributed by atoms with Gasteiger partial charge in [-0.25, -0.2) is 4.79 Å². The first-order valence-corrected chi connectivity index (χ1v) is 6.56. The number of hydrogen-bond donors (Lipinski definition) is 1. The molecule has 0 aromatic carbocycles. The maximum absolute atomic E-state index is 11.7. The third kappa shape index (κ3) is 4.86. The molecule has 1 amide bonds. The molecule has 0 saturated carbocycles. The van der Waals surface area contributed by atoms with E-state index in [4.69, 9.17) is 4.74 Å². The molecular weight excluding hydrogens is 314 g/mol. The Morgan fingerprint density at radius 3 is 2.79 bits per heavy atom. The van der Waals surface area contributed by atoms with E-state index in [1.165, 1.54) is 6.08 Å². The van der Waals surface area contributed by atoms with Crippen molar-refractivity contribution in [2.24, 2.45) is 0 Å². The van der Waals surface area contributed by atoms with E-state index >= 15 is 0 Å². The predicted molar refractivity (Wildman–Crippen MR) is 73.2 cm³/mol. The van der Waals surface area contributed by atoms with Gasteiger partial charge in [-0.3, -0.25) is 9.48 Å². The van der Waals surface area contributed by atoms with Crippen LogP contribution in [0.4, 0.5) is 0 Å². The van der Waals surface area contributed by atoms with E-state index < -0.39 is 5.97 Å². The second-order valence-corrected chi connectivity index (χ2v) is 4.72. The Hall–Kier alpha value is -1.63. The summed E-state index contributed by atoms with van der Waals surface area (Å²) in [6, 6.07) is 0. The van der Waals surface area contributed by atoms with E-state index in [2.05, 4.69) is 26.3 Å². The van der Waals surface area contributed by atoms with Crippen molar-refractivity contribution in [2.75, 3.05) is 6.61 Å². The highest BCUT2D eigenvalue weighted by molar-refractivity contribution is 9.10. The monoisotopic (exact) mass is 329 g/mol. The van der Waals surface area contributed by atoms with E-state index in [-0.39, 0.29) is 12.5 Å². The van der Waals surface area contributed by atoms with E-state index in [9.17, 15) is 9.59 Å². The molecule has 0 aliphatic rings. The largest absolute Gasteiger partial charge is 0.463 e. The van der Waals surface area contributed by atoms with Crippen LogP contribution in [0.1, 0.15) is 19.5 Å². The van der Waals surface area contributed by atoms with Crippen molar-refractivity contribution in [1.29, 1.82) is 0 Å². The van der Waals surface area contributed by atoms with E-state index in [1.807, 2.05) is 6.92 Å². The number of aromatic nitrogens is 2. The van der Waals surface area contributed by atoms with Crippen LogP contribution >= 0.6 is 15.9 Å². The average molecular weight is 330 g/mol. The normalized spacial score (nSPS) is 11.3. The summed E-state index contributed by atoms with van der Waals surface area (Å²) in [5.41, 5.74) is 1.30. The minimum absolute atomic E-state index is 0.0887. The van der Waals surface area contributed by atoms with Crippen molar-refractivity contribution in [2.45, 2.75) is 27.3 Å². The third-order valence-electron chi connectivity index (χ3n) is 2.29. The number of rotatable bonds is 5. The molecule has 7 heteroatoms. The number of nitrogens with zero attached hydrogens (tertiary/aromatic N) is 2. The van der Waals surface area contributed by atoms with Crippen molar-refractivity contribution < 1.29 is 14.3 Å². The highest BCUT2D eigenvalue weighted by Crippen LogP contribution is 2.13. The topological polar surface area (TPSA) is 73.2 Å². The van der Waals surface area contributed by atoms with Crippen LogP contribution in [-0.4, -0.2) is 28.3 Å². The highest BCUT2D eigenvalue weighted by atomic mass is 79.9. The lowest BCUT2D eigenvalue weighted by molar-refractivity contribution is -0.137. The molecule has 0 bridgehead atoms. The Kier molecular flexibility index (Phi) is 5.75. The maximum atomic E-state index is 11.7. The van der Waals surface area contributed by atoms with Gasteiger partial charge in [-0.1, -0.05) is 0 Å². The SMILES string of the molecule is CCOC(=O)/C=C(\C)NC(=O)Cn1ncc(Br)c1C. The molecule has 0 spiro atoms. The number of carbonyl (C=O) groups is 2. The maximum Gasteiger partial charge on any atom is 0.332 e. The van der Waals surface area contributed by atoms with Crippen LogP contribution in [0.15, 0.2) is 22.4 Å². The van der Waals surface area contributed by atoms with Crippen LogP contribution in [-0.2, 0) is 20.9 Å². The predicted octanol–water partition coefficient (Wildman–Crippen LogP) is 1.54. The fourth-order valence-corrected chi connectivity index (χ4v) is 1.67. The van der Waals surface area contributed by atoms with Crippen LogP contribution < -0.4 is 5.32 Å². The summed E-state index contributed by atoms with van der Waals surface area (Å²) in [6.45, 7) is 5.59. The van der Waals surface area contributed by atoms with Gasteiger partial charge in [0.25, 0.3) is 0 Å². The third-order valence-corrected chi connectivity index (χ3v) is 3.07. The van der Waals surface area contributed by atoms with Crippen molar-refractivity contribution in [1.82, 2.24) is 15.1 Å². The van der Waals surface area contributed by atoms with E-state index in [0.29, 0.717) is 12.3 Å². The lowest BCUT2D eigenvalue weighted by Crippen LogP contribution is -2.27. The van der Waals surface area contributed by atoms with E-state index in [1.54, 1.807) is 24.7 Å². The Labute approximate surface area is 119 Å². The Balaban J connectivity index is 2.56. The number of carbonyl (C=O) groups excluding carboxylic acids is 2. The van der Waals surface area contributed by atoms with Gasteiger partial charge in [0.2, 0.25) is 5.91 Å². The van der Waals surface area contributed by atoms with Gasteiger partial charge >= 0.3 is 5.97 Å². The summed E-state index contributed by atoms with van der Waals surface area (Å²) in [6.07, 6.45) is 2.87. The standard InChI is InChI=1S/C12H16BrN3O3/c1-4-19-12(18)5-8(2)15-11(17)7-16-9(3)10(13)6-14-16/h5-6H,4,7H2,1-3H3,(H,15,17)/b8-5+. The van der Waals surface area contributed by atoms with Gasteiger partial charge in [-0.05, 0) is 36.7 Å².